The third kappa shape index (κ3) is 1.90. The summed E-state index contributed by atoms with van der Waals surface area (Å²) in [5, 5.41) is 4.19. The Morgan fingerprint density at radius 1 is 1.16 bits per heavy atom. The van der Waals surface area contributed by atoms with Gasteiger partial charge in [0.2, 0.25) is 5.76 Å². The molecule has 4 heteroatoms. The lowest BCUT2D eigenvalue weighted by Crippen LogP contribution is -2.45. The van der Waals surface area contributed by atoms with Gasteiger partial charge < -0.3 is 9.25 Å². The van der Waals surface area contributed by atoms with E-state index in [2.05, 4.69) is 5.16 Å². The molecule has 0 spiro atoms. The second kappa shape index (κ2) is 4.22. The van der Waals surface area contributed by atoms with Crippen LogP contribution >= 0.6 is 0 Å². The van der Waals surface area contributed by atoms with E-state index in [1.54, 1.807) is 12.1 Å². The Morgan fingerprint density at radius 2 is 1.84 bits per heavy atom. The van der Waals surface area contributed by atoms with Crippen molar-refractivity contribution >= 4 is 11.7 Å². The minimum absolute atomic E-state index is 0.216. The summed E-state index contributed by atoms with van der Waals surface area (Å²) in [4.78, 5) is 16.8. The summed E-state index contributed by atoms with van der Waals surface area (Å²) in [6.45, 7) is 0. The lowest BCUT2D eigenvalue weighted by Gasteiger charge is -2.49. The van der Waals surface area contributed by atoms with Crippen LogP contribution in [0, 0.1) is 23.7 Å². The second-order valence-electron chi connectivity index (χ2n) is 6.18. The van der Waals surface area contributed by atoms with Gasteiger partial charge in [0.1, 0.15) is 0 Å². The first-order valence-corrected chi connectivity index (χ1v) is 7.12. The van der Waals surface area contributed by atoms with Crippen LogP contribution < -0.4 is 0 Å². The van der Waals surface area contributed by atoms with E-state index in [1.165, 1.54) is 38.4 Å². The molecule has 4 aliphatic carbocycles. The second-order valence-corrected chi connectivity index (χ2v) is 6.18. The zero-order valence-corrected chi connectivity index (χ0v) is 10.7. The Labute approximate surface area is 111 Å². The fourth-order valence-electron chi connectivity index (χ4n) is 4.35. The first-order chi connectivity index (χ1) is 9.29. The van der Waals surface area contributed by atoms with Crippen molar-refractivity contribution in [2.45, 2.75) is 32.1 Å². The fourth-order valence-corrected chi connectivity index (χ4v) is 4.35. The van der Waals surface area contributed by atoms with Gasteiger partial charge >= 0.3 is 5.97 Å². The highest BCUT2D eigenvalue weighted by Gasteiger charge is 2.46. The molecular formula is C15H17NO3. The zero-order valence-electron chi connectivity index (χ0n) is 10.7. The van der Waals surface area contributed by atoms with Gasteiger partial charge in [-0.2, -0.15) is 0 Å². The van der Waals surface area contributed by atoms with E-state index in [0.717, 1.165) is 17.5 Å². The van der Waals surface area contributed by atoms with Crippen LogP contribution in [0.15, 0.2) is 28.0 Å². The van der Waals surface area contributed by atoms with E-state index < -0.39 is 5.97 Å². The molecule has 4 bridgehead atoms. The van der Waals surface area contributed by atoms with Crippen molar-refractivity contribution in [3.63, 3.8) is 0 Å². The lowest BCUT2D eigenvalue weighted by atomic mass is 9.55. The van der Waals surface area contributed by atoms with Crippen molar-refractivity contribution in [1.29, 1.82) is 0 Å². The van der Waals surface area contributed by atoms with E-state index in [4.69, 9.17) is 9.25 Å². The third-order valence-electron chi connectivity index (χ3n) is 4.93. The van der Waals surface area contributed by atoms with Gasteiger partial charge in [0.15, 0.2) is 0 Å². The Bertz CT molecular complexity index is 488. The van der Waals surface area contributed by atoms with Crippen LogP contribution in [0.25, 0.3) is 0 Å². The topological polar surface area (TPSA) is 51.8 Å². The summed E-state index contributed by atoms with van der Waals surface area (Å²) in [7, 11) is 0. The smallest absolute Gasteiger partial charge is 0.400 e. The standard InChI is InChI=1S/C15H17NO3/c17-15(13-2-1-3-18-13)19-16-14-11-5-9-4-10(7-11)8-12(14)6-9/h1-3,9-12H,4-8H2. The molecule has 4 aliphatic rings. The first-order valence-electron chi connectivity index (χ1n) is 7.12. The molecule has 4 nitrogen and oxygen atoms in total. The van der Waals surface area contributed by atoms with Crippen molar-refractivity contribution in [2.75, 3.05) is 0 Å². The van der Waals surface area contributed by atoms with E-state index in [-0.39, 0.29) is 5.76 Å². The lowest BCUT2D eigenvalue weighted by molar-refractivity contribution is 0.0448. The number of nitrogens with zero attached hydrogens (tertiary/aromatic N) is 1. The maximum atomic E-state index is 11.7. The molecule has 0 unspecified atom stereocenters. The number of carbonyl (C=O) groups is 1. The fraction of sp³-hybridized carbons (Fsp3) is 0.600. The minimum atomic E-state index is -0.494. The average Bonchev–Trinajstić information content (AvgIpc) is 2.90. The number of oxime groups is 1. The molecule has 0 amide bonds. The molecule has 1 aromatic heterocycles. The Balaban J connectivity index is 1.50. The van der Waals surface area contributed by atoms with E-state index in [9.17, 15) is 4.79 Å². The van der Waals surface area contributed by atoms with Crippen molar-refractivity contribution in [2.24, 2.45) is 28.8 Å². The van der Waals surface area contributed by atoms with Gasteiger partial charge in [-0.3, -0.25) is 0 Å². The molecule has 1 heterocycles. The Morgan fingerprint density at radius 3 is 2.42 bits per heavy atom. The van der Waals surface area contributed by atoms with Gasteiger partial charge in [-0.05, 0) is 56.1 Å². The maximum Gasteiger partial charge on any atom is 0.400 e. The molecule has 5 rings (SSSR count). The van der Waals surface area contributed by atoms with Crippen LogP contribution in [0.3, 0.4) is 0 Å². The molecule has 0 aromatic carbocycles. The van der Waals surface area contributed by atoms with Gasteiger partial charge in [0, 0.05) is 11.8 Å². The molecule has 100 valence electrons. The van der Waals surface area contributed by atoms with Crippen LogP contribution in [-0.4, -0.2) is 11.7 Å². The SMILES string of the molecule is O=C(ON=C1C2CC3CC(C2)CC1C3)c1ccco1. The monoisotopic (exact) mass is 259 g/mol. The first kappa shape index (κ1) is 11.3. The number of hydrogen-bond acceptors (Lipinski definition) is 4. The van der Waals surface area contributed by atoms with E-state index in [1.807, 2.05) is 0 Å². The van der Waals surface area contributed by atoms with Gasteiger partial charge in [-0.1, -0.05) is 5.16 Å². The Kier molecular flexibility index (Phi) is 2.50. The van der Waals surface area contributed by atoms with Crippen LogP contribution in [0.5, 0.6) is 0 Å². The van der Waals surface area contributed by atoms with Gasteiger partial charge in [0.05, 0.1) is 12.0 Å². The zero-order chi connectivity index (χ0) is 12.8. The van der Waals surface area contributed by atoms with Crippen molar-refractivity contribution in [3.05, 3.63) is 24.2 Å². The van der Waals surface area contributed by atoms with Crippen LogP contribution in [0.1, 0.15) is 42.7 Å². The molecule has 0 atom stereocenters. The van der Waals surface area contributed by atoms with Crippen LogP contribution in [0.2, 0.25) is 0 Å². The number of furan rings is 1. The van der Waals surface area contributed by atoms with E-state index >= 15 is 0 Å². The van der Waals surface area contributed by atoms with E-state index in [0.29, 0.717) is 11.8 Å². The molecule has 1 aromatic rings. The van der Waals surface area contributed by atoms with Crippen LogP contribution in [0.4, 0.5) is 0 Å². The van der Waals surface area contributed by atoms with Gasteiger partial charge in [-0.15, -0.1) is 0 Å². The number of hydrogen-bond donors (Lipinski definition) is 0. The molecule has 0 saturated heterocycles. The number of rotatable bonds is 2. The molecule has 0 aliphatic heterocycles. The van der Waals surface area contributed by atoms with Crippen molar-refractivity contribution < 1.29 is 14.0 Å². The van der Waals surface area contributed by atoms with Crippen molar-refractivity contribution in [3.8, 4) is 0 Å². The summed E-state index contributed by atoms with van der Waals surface area (Å²) in [5.41, 5.74) is 1.13. The quantitative estimate of drug-likeness (QED) is 0.605. The summed E-state index contributed by atoms with van der Waals surface area (Å²) in [5.74, 6) is 2.62. The summed E-state index contributed by atoms with van der Waals surface area (Å²) in [6.07, 6.45) is 7.83. The third-order valence-corrected chi connectivity index (χ3v) is 4.93. The predicted molar refractivity (Wildman–Crippen MR) is 68.6 cm³/mol. The van der Waals surface area contributed by atoms with Crippen molar-refractivity contribution in [1.82, 2.24) is 0 Å². The molecule has 19 heavy (non-hydrogen) atoms. The minimum Gasteiger partial charge on any atom is -0.457 e. The molecular weight excluding hydrogens is 242 g/mol. The van der Waals surface area contributed by atoms with Crippen LogP contribution in [-0.2, 0) is 4.84 Å². The van der Waals surface area contributed by atoms with Gasteiger partial charge in [-0.25, -0.2) is 4.79 Å². The summed E-state index contributed by atoms with van der Waals surface area (Å²) in [6, 6.07) is 3.27. The van der Waals surface area contributed by atoms with Gasteiger partial charge in [0.25, 0.3) is 0 Å². The molecule has 4 fully saturated rings. The highest BCUT2D eigenvalue weighted by atomic mass is 16.7. The Hall–Kier alpha value is -1.58. The molecule has 0 N–H and O–H groups in total. The summed E-state index contributed by atoms with van der Waals surface area (Å²) >= 11 is 0. The normalized spacial score (nSPS) is 35.5. The highest BCUT2D eigenvalue weighted by Crippen LogP contribution is 2.52. The largest absolute Gasteiger partial charge is 0.457 e. The predicted octanol–water partition coefficient (Wildman–Crippen LogP) is 3.25. The molecule has 0 radical (unpaired) electrons. The highest BCUT2D eigenvalue weighted by molar-refractivity contribution is 5.92. The average molecular weight is 259 g/mol. The maximum absolute atomic E-state index is 11.7. The number of carbonyl (C=O) groups excluding carboxylic acids is 1. The molecule has 4 saturated carbocycles. The summed E-state index contributed by atoms with van der Waals surface area (Å²) < 4.78 is 5.01.